The van der Waals surface area contributed by atoms with Gasteiger partial charge in [-0.25, -0.2) is 0 Å². The number of nitrogens with one attached hydrogen (secondary N) is 2. The molecule has 0 radical (unpaired) electrons. The summed E-state index contributed by atoms with van der Waals surface area (Å²) in [4.78, 5) is 33.2. The fourth-order valence-electron chi connectivity index (χ4n) is 2.47. The van der Waals surface area contributed by atoms with Crippen LogP contribution in [-0.2, 0) is 23.9 Å². The second kappa shape index (κ2) is 11.0. The maximum Gasteiger partial charge on any atom is 0.303 e. The minimum Gasteiger partial charge on any atom is -0.481 e. The molecule has 1 saturated heterocycles. The monoisotopic (exact) mass is 378 g/mol. The highest BCUT2D eigenvalue weighted by Gasteiger charge is 2.45. The smallest absolute Gasteiger partial charge is 0.303 e. The van der Waals surface area contributed by atoms with Gasteiger partial charge >= 0.3 is 5.97 Å². The average molecular weight is 378 g/mol. The van der Waals surface area contributed by atoms with Crippen molar-refractivity contribution in [2.75, 3.05) is 19.8 Å². The Balaban J connectivity index is 2.44. The summed E-state index contributed by atoms with van der Waals surface area (Å²) in [6.07, 6.45) is -4.81. The molecule has 2 amide bonds. The standard InChI is InChI=1S/C15H26N2O9/c1-8(19)17-12-14(24)13(23)9(7-18)26-15(12)25-6-5-16-10(20)3-2-4-11(21)22/h9,12-15,18,23-24H,2-7H2,1H3,(H,16,20)(H,17,19)(H,21,22)/t9-,12-,13-,14-,15-/m1/s1. The summed E-state index contributed by atoms with van der Waals surface area (Å²) >= 11 is 0. The van der Waals surface area contributed by atoms with Crippen LogP contribution in [0.25, 0.3) is 0 Å². The van der Waals surface area contributed by atoms with Crippen LogP contribution < -0.4 is 10.6 Å². The highest BCUT2D eigenvalue weighted by atomic mass is 16.7. The summed E-state index contributed by atoms with van der Waals surface area (Å²) < 4.78 is 10.8. The van der Waals surface area contributed by atoms with E-state index in [2.05, 4.69) is 10.6 Å². The number of amides is 2. The Hall–Kier alpha value is -1.79. The minimum absolute atomic E-state index is 0.0214. The highest BCUT2D eigenvalue weighted by molar-refractivity contribution is 5.76. The van der Waals surface area contributed by atoms with Gasteiger partial charge in [0.15, 0.2) is 6.29 Å². The predicted octanol–water partition coefficient (Wildman–Crippen LogP) is -2.68. The van der Waals surface area contributed by atoms with Gasteiger partial charge in [0.05, 0.1) is 13.2 Å². The summed E-state index contributed by atoms with van der Waals surface area (Å²) in [6, 6.07) is -1.04. The van der Waals surface area contributed by atoms with Crippen LogP contribution in [0.4, 0.5) is 0 Å². The molecule has 0 spiro atoms. The zero-order valence-electron chi connectivity index (χ0n) is 14.5. The van der Waals surface area contributed by atoms with E-state index in [0.717, 1.165) is 0 Å². The summed E-state index contributed by atoms with van der Waals surface area (Å²) in [6.45, 7) is 0.754. The Morgan fingerprint density at radius 1 is 1.15 bits per heavy atom. The van der Waals surface area contributed by atoms with Gasteiger partial charge in [-0.3, -0.25) is 14.4 Å². The summed E-state index contributed by atoms with van der Waals surface area (Å²) in [5.74, 6) is -1.77. The molecular weight excluding hydrogens is 352 g/mol. The fraction of sp³-hybridized carbons (Fsp3) is 0.800. The van der Waals surface area contributed by atoms with Crippen molar-refractivity contribution in [2.24, 2.45) is 0 Å². The van der Waals surface area contributed by atoms with Crippen LogP contribution in [-0.4, -0.2) is 88.6 Å². The molecule has 0 aromatic carbocycles. The third-order valence-electron chi connectivity index (χ3n) is 3.75. The van der Waals surface area contributed by atoms with Crippen LogP contribution in [0.3, 0.4) is 0 Å². The third kappa shape index (κ3) is 7.22. The average Bonchev–Trinajstić information content (AvgIpc) is 2.56. The minimum atomic E-state index is -1.40. The lowest BCUT2D eigenvalue weighted by molar-refractivity contribution is -0.269. The molecule has 0 unspecified atom stereocenters. The predicted molar refractivity (Wildman–Crippen MR) is 85.8 cm³/mol. The number of carbonyl (C=O) groups is 3. The van der Waals surface area contributed by atoms with Gasteiger partial charge in [0.25, 0.3) is 0 Å². The van der Waals surface area contributed by atoms with Gasteiger partial charge in [0.1, 0.15) is 24.4 Å². The first kappa shape index (κ1) is 22.3. The quantitative estimate of drug-likeness (QED) is 0.221. The molecule has 1 aliphatic rings. The van der Waals surface area contributed by atoms with Gasteiger partial charge in [0.2, 0.25) is 11.8 Å². The summed E-state index contributed by atoms with van der Waals surface area (Å²) in [7, 11) is 0. The van der Waals surface area contributed by atoms with Crippen molar-refractivity contribution in [3.63, 3.8) is 0 Å². The molecule has 1 rings (SSSR count). The van der Waals surface area contributed by atoms with Gasteiger partial charge in [-0.15, -0.1) is 0 Å². The van der Waals surface area contributed by atoms with E-state index in [1.54, 1.807) is 0 Å². The first-order chi connectivity index (χ1) is 12.3. The molecule has 0 aromatic rings. The van der Waals surface area contributed by atoms with Gasteiger partial charge in [0, 0.05) is 26.3 Å². The van der Waals surface area contributed by atoms with E-state index in [9.17, 15) is 29.7 Å². The lowest BCUT2D eigenvalue weighted by Crippen LogP contribution is -2.64. The molecule has 5 atom stereocenters. The first-order valence-corrected chi connectivity index (χ1v) is 8.26. The zero-order valence-corrected chi connectivity index (χ0v) is 14.5. The zero-order chi connectivity index (χ0) is 19.7. The highest BCUT2D eigenvalue weighted by Crippen LogP contribution is 2.22. The van der Waals surface area contributed by atoms with Crippen LogP contribution in [0.2, 0.25) is 0 Å². The van der Waals surface area contributed by atoms with Crippen molar-refractivity contribution in [3.05, 3.63) is 0 Å². The van der Waals surface area contributed by atoms with Gasteiger partial charge in [-0.2, -0.15) is 0 Å². The Morgan fingerprint density at radius 2 is 1.85 bits per heavy atom. The Kier molecular flexibility index (Phi) is 9.44. The fourth-order valence-corrected chi connectivity index (χ4v) is 2.47. The van der Waals surface area contributed by atoms with Crippen LogP contribution in [0.5, 0.6) is 0 Å². The van der Waals surface area contributed by atoms with Crippen LogP contribution in [0.1, 0.15) is 26.2 Å². The molecule has 0 bridgehead atoms. The van der Waals surface area contributed by atoms with E-state index in [-0.39, 0.29) is 38.3 Å². The molecule has 11 nitrogen and oxygen atoms in total. The van der Waals surface area contributed by atoms with Crippen molar-refractivity contribution in [3.8, 4) is 0 Å². The topological polar surface area (TPSA) is 175 Å². The number of rotatable bonds is 10. The maximum absolute atomic E-state index is 11.5. The molecule has 0 aromatic heterocycles. The Labute approximate surface area is 150 Å². The molecular formula is C15H26N2O9. The number of carboxylic acid groups (broad SMARTS) is 1. The number of hydrogen-bond acceptors (Lipinski definition) is 8. The molecule has 1 aliphatic heterocycles. The largest absolute Gasteiger partial charge is 0.481 e. The van der Waals surface area contributed by atoms with Gasteiger partial charge < -0.3 is 40.5 Å². The second-order valence-electron chi connectivity index (χ2n) is 5.90. The Morgan fingerprint density at radius 3 is 2.42 bits per heavy atom. The molecule has 150 valence electrons. The molecule has 1 heterocycles. The maximum atomic E-state index is 11.5. The van der Waals surface area contributed by atoms with E-state index in [1.807, 2.05) is 0 Å². The van der Waals surface area contributed by atoms with Crippen LogP contribution in [0, 0.1) is 0 Å². The molecule has 11 heteroatoms. The number of hydrogen-bond donors (Lipinski definition) is 6. The third-order valence-corrected chi connectivity index (χ3v) is 3.75. The first-order valence-electron chi connectivity index (χ1n) is 8.26. The van der Waals surface area contributed by atoms with Crippen LogP contribution >= 0.6 is 0 Å². The number of ether oxygens (including phenoxy) is 2. The Bertz CT molecular complexity index is 488. The SMILES string of the molecule is CC(=O)N[C@H]1[C@H](OCCNC(=O)CCCC(=O)O)O[C@H](CO)[C@@H](O)[C@@H]1O. The van der Waals surface area contributed by atoms with Crippen molar-refractivity contribution < 1.29 is 44.3 Å². The molecule has 0 saturated carbocycles. The van der Waals surface area contributed by atoms with E-state index in [4.69, 9.17) is 14.6 Å². The van der Waals surface area contributed by atoms with E-state index < -0.39 is 49.1 Å². The van der Waals surface area contributed by atoms with E-state index >= 15 is 0 Å². The van der Waals surface area contributed by atoms with Crippen molar-refractivity contribution in [1.29, 1.82) is 0 Å². The number of carboxylic acids is 1. The van der Waals surface area contributed by atoms with Gasteiger partial charge in [-0.05, 0) is 6.42 Å². The normalized spacial score (nSPS) is 28.4. The second-order valence-corrected chi connectivity index (χ2v) is 5.90. The molecule has 6 N–H and O–H groups in total. The van der Waals surface area contributed by atoms with Crippen LogP contribution in [0.15, 0.2) is 0 Å². The lowest BCUT2D eigenvalue weighted by Gasteiger charge is -2.42. The van der Waals surface area contributed by atoms with E-state index in [0.29, 0.717) is 0 Å². The summed E-state index contributed by atoms with van der Waals surface area (Å²) in [5.41, 5.74) is 0. The molecule has 0 aliphatic carbocycles. The summed E-state index contributed by atoms with van der Waals surface area (Å²) in [5, 5.41) is 42.6. The number of carbonyl (C=O) groups excluding carboxylic acids is 2. The number of aliphatic hydroxyl groups excluding tert-OH is 3. The molecule has 26 heavy (non-hydrogen) atoms. The van der Waals surface area contributed by atoms with E-state index in [1.165, 1.54) is 6.92 Å². The van der Waals surface area contributed by atoms with Gasteiger partial charge in [-0.1, -0.05) is 0 Å². The number of aliphatic carboxylic acids is 1. The lowest BCUT2D eigenvalue weighted by atomic mass is 9.97. The van der Waals surface area contributed by atoms with Crippen molar-refractivity contribution in [1.82, 2.24) is 10.6 Å². The number of aliphatic hydroxyl groups is 3. The van der Waals surface area contributed by atoms with Crippen molar-refractivity contribution >= 4 is 17.8 Å². The molecule has 1 fully saturated rings. The van der Waals surface area contributed by atoms with Crippen molar-refractivity contribution in [2.45, 2.75) is 56.8 Å².